The van der Waals surface area contributed by atoms with Crippen LogP contribution in [0.3, 0.4) is 0 Å². The van der Waals surface area contributed by atoms with Gasteiger partial charge in [0.1, 0.15) is 17.2 Å². The molecular formula is C19H15ClN4OS. The number of aromatic nitrogens is 1. The molecule has 1 aliphatic rings. The van der Waals surface area contributed by atoms with E-state index in [1.165, 1.54) is 11.8 Å². The summed E-state index contributed by atoms with van der Waals surface area (Å²) in [5.74, 6) is -0.185. The molecule has 0 fully saturated rings. The fourth-order valence-corrected chi connectivity index (χ4v) is 3.79. The monoisotopic (exact) mass is 382 g/mol. The first-order valence-corrected chi connectivity index (χ1v) is 9.52. The Kier molecular flexibility index (Phi) is 5.78. The van der Waals surface area contributed by atoms with Crippen molar-refractivity contribution >= 4 is 35.0 Å². The fraction of sp³-hybridized carbons (Fsp3) is 0.263. The van der Waals surface area contributed by atoms with Crippen LogP contribution in [0.5, 0.6) is 0 Å². The summed E-state index contributed by atoms with van der Waals surface area (Å²) in [7, 11) is 0. The molecule has 26 heavy (non-hydrogen) atoms. The predicted octanol–water partition coefficient (Wildman–Crippen LogP) is 4.09. The van der Waals surface area contributed by atoms with E-state index in [0.717, 1.165) is 36.9 Å². The van der Waals surface area contributed by atoms with Crippen molar-refractivity contribution in [1.82, 2.24) is 4.98 Å². The number of aryl methyl sites for hydroxylation is 2. The summed E-state index contributed by atoms with van der Waals surface area (Å²) < 4.78 is 0. The third-order valence-corrected chi connectivity index (χ3v) is 5.33. The van der Waals surface area contributed by atoms with E-state index in [1.54, 1.807) is 18.2 Å². The normalized spacial score (nSPS) is 12.6. The predicted molar refractivity (Wildman–Crippen MR) is 101 cm³/mol. The quantitative estimate of drug-likeness (QED) is 0.804. The summed E-state index contributed by atoms with van der Waals surface area (Å²) in [6.07, 6.45) is 4.08. The number of carbonyl (C=O) groups excluding carboxylic acids is 1. The third kappa shape index (κ3) is 4.16. The molecule has 1 aliphatic carbocycles. The van der Waals surface area contributed by atoms with E-state index in [9.17, 15) is 10.1 Å². The molecule has 2 aromatic rings. The van der Waals surface area contributed by atoms with Crippen LogP contribution in [0.4, 0.5) is 5.69 Å². The maximum absolute atomic E-state index is 12.3. The Hall–Kier alpha value is -2.54. The number of nitrogens with zero attached hydrogens (tertiary/aromatic N) is 3. The van der Waals surface area contributed by atoms with Crippen molar-refractivity contribution in [2.75, 3.05) is 11.1 Å². The lowest BCUT2D eigenvalue weighted by atomic mass is 9.95. The molecule has 0 unspecified atom stereocenters. The maximum Gasteiger partial charge on any atom is 0.234 e. The van der Waals surface area contributed by atoms with E-state index >= 15 is 0 Å². The lowest BCUT2D eigenvalue weighted by molar-refractivity contribution is -0.113. The Bertz CT molecular complexity index is 946. The molecule has 1 aromatic carbocycles. The van der Waals surface area contributed by atoms with Crippen LogP contribution in [0.1, 0.15) is 35.2 Å². The Labute approximate surface area is 161 Å². The zero-order valence-electron chi connectivity index (χ0n) is 13.9. The Morgan fingerprint density at radius 2 is 1.96 bits per heavy atom. The van der Waals surface area contributed by atoms with Crippen molar-refractivity contribution in [2.45, 2.75) is 30.7 Å². The number of hydrogen-bond acceptors (Lipinski definition) is 5. The number of hydrogen-bond donors (Lipinski definition) is 1. The summed E-state index contributed by atoms with van der Waals surface area (Å²) in [6, 6.07) is 10.8. The number of thioether (sulfide) groups is 1. The van der Waals surface area contributed by atoms with Crippen LogP contribution in [0.25, 0.3) is 0 Å². The first-order valence-electron chi connectivity index (χ1n) is 8.16. The van der Waals surface area contributed by atoms with E-state index < -0.39 is 0 Å². The first kappa shape index (κ1) is 18.3. The average molecular weight is 383 g/mol. The largest absolute Gasteiger partial charge is 0.324 e. The van der Waals surface area contributed by atoms with Gasteiger partial charge in [0, 0.05) is 10.7 Å². The van der Waals surface area contributed by atoms with Gasteiger partial charge in [-0.25, -0.2) is 4.98 Å². The van der Waals surface area contributed by atoms with Gasteiger partial charge in [0.2, 0.25) is 5.91 Å². The van der Waals surface area contributed by atoms with Gasteiger partial charge in [-0.05, 0) is 55.5 Å². The fourth-order valence-electron chi connectivity index (χ4n) is 2.84. The van der Waals surface area contributed by atoms with E-state index in [-0.39, 0.29) is 11.7 Å². The minimum absolute atomic E-state index is 0.0951. The molecule has 1 N–H and O–H groups in total. The van der Waals surface area contributed by atoms with Gasteiger partial charge in [-0.15, -0.1) is 0 Å². The van der Waals surface area contributed by atoms with Gasteiger partial charge in [-0.2, -0.15) is 10.5 Å². The lowest BCUT2D eigenvalue weighted by Gasteiger charge is -2.16. The molecule has 5 nitrogen and oxygen atoms in total. The smallest absolute Gasteiger partial charge is 0.234 e. The lowest BCUT2D eigenvalue weighted by Crippen LogP contribution is -2.15. The van der Waals surface area contributed by atoms with Crippen LogP contribution >= 0.6 is 23.4 Å². The molecule has 3 rings (SSSR count). The van der Waals surface area contributed by atoms with Gasteiger partial charge in [0.25, 0.3) is 0 Å². The Morgan fingerprint density at radius 1 is 1.19 bits per heavy atom. The Balaban J connectivity index is 1.71. The molecule has 1 heterocycles. The molecule has 1 amide bonds. The second kappa shape index (κ2) is 8.23. The number of nitriles is 2. The van der Waals surface area contributed by atoms with Gasteiger partial charge in [-0.1, -0.05) is 23.4 Å². The molecule has 130 valence electrons. The molecule has 0 atom stereocenters. The van der Waals surface area contributed by atoms with Crippen LogP contribution in [-0.2, 0) is 17.6 Å². The number of fused-ring (bicyclic) bond motifs is 1. The van der Waals surface area contributed by atoms with Crippen molar-refractivity contribution in [2.24, 2.45) is 0 Å². The van der Waals surface area contributed by atoms with Crippen LogP contribution in [0, 0.1) is 22.7 Å². The van der Waals surface area contributed by atoms with Crippen molar-refractivity contribution in [3.63, 3.8) is 0 Å². The highest BCUT2D eigenvalue weighted by atomic mass is 35.5. The van der Waals surface area contributed by atoms with Gasteiger partial charge >= 0.3 is 0 Å². The van der Waals surface area contributed by atoms with Gasteiger partial charge in [0.15, 0.2) is 0 Å². The zero-order chi connectivity index (χ0) is 18.5. The zero-order valence-corrected chi connectivity index (χ0v) is 15.5. The number of halogens is 1. The molecule has 0 spiro atoms. The number of amides is 1. The minimum atomic E-state index is -0.280. The number of benzene rings is 1. The second-order valence-electron chi connectivity index (χ2n) is 5.90. The second-order valence-corrected chi connectivity index (χ2v) is 7.30. The molecule has 1 aromatic heterocycles. The molecule has 0 bridgehead atoms. The Morgan fingerprint density at radius 3 is 2.73 bits per heavy atom. The van der Waals surface area contributed by atoms with Crippen molar-refractivity contribution < 1.29 is 4.79 Å². The topological polar surface area (TPSA) is 89.6 Å². The van der Waals surface area contributed by atoms with Gasteiger partial charge < -0.3 is 5.32 Å². The van der Waals surface area contributed by atoms with Gasteiger partial charge in [0.05, 0.1) is 22.6 Å². The summed E-state index contributed by atoms with van der Waals surface area (Å²) in [4.78, 5) is 16.9. The average Bonchev–Trinajstić information content (AvgIpc) is 2.65. The van der Waals surface area contributed by atoms with Crippen molar-refractivity contribution in [3.8, 4) is 12.1 Å². The molecule has 0 saturated carbocycles. The number of anilines is 1. The van der Waals surface area contributed by atoms with Crippen LogP contribution in [0.15, 0.2) is 29.3 Å². The molecular weight excluding hydrogens is 368 g/mol. The molecule has 0 aliphatic heterocycles. The highest BCUT2D eigenvalue weighted by Crippen LogP contribution is 2.27. The van der Waals surface area contributed by atoms with Crippen LogP contribution < -0.4 is 5.32 Å². The maximum atomic E-state index is 12.3. The number of carbonyl (C=O) groups is 1. The third-order valence-electron chi connectivity index (χ3n) is 4.10. The summed E-state index contributed by atoms with van der Waals surface area (Å²) in [5.41, 5.74) is 3.39. The van der Waals surface area contributed by atoms with E-state index in [2.05, 4.69) is 16.4 Å². The summed E-state index contributed by atoms with van der Waals surface area (Å²) in [6.45, 7) is 0. The summed E-state index contributed by atoms with van der Waals surface area (Å²) >= 11 is 7.15. The van der Waals surface area contributed by atoms with Crippen LogP contribution in [0.2, 0.25) is 5.02 Å². The minimum Gasteiger partial charge on any atom is -0.324 e. The van der Waals surface area contributed by atoms with E-state index in [1.807, 2.05) is 12.1 Å². The number of rotatable bonds is 4. The highest BCUT2D eigenvalue weighted by Gasteiger charge is 2.16. The van der Waals surface area contributed by atoms with Gasteiger partial charge in [-0.3, -0.25) is 4.79 Å². The molecule has 0 saturated heterocycles. The van der Waals surface area contributed by atoms with Crippen LogP contribution in [-0.4, -0.2) is 16.6 Å². The molecule has 7 heteroatoms. The van der Waals surface area contributed by atoms with E-state index in [0.29, 0.717) is 26.9 Å². The highest BCUT2D eigenvalue weighted by molar-refractivity contribution is 8.00. The van der Waals surface area contributed by atoms with Crippen molar-refractivity contribution in [3.05, 3.63) is 51.7 Å². The summed E-state index contributed by atoms with van der Waals surface area (Å²) in [5, 5.41) is 22.2. The first-order chi connectivity index (χ1) is 12.6. The molecule has 0 radical (unpaired) electrons. The van der Waals surface area contributed by atoms with Crippen molar-refractivity contribution in [1.29, 1.82) is 10.5 Å². The standard InChI is InChI=1S/C19H15ClN4OS/c20-15-6-5-13(9-21)17(8-15)23-18(25)11-26-19-14(10-22)7-12-3-1-2-4-16(12)24-19/h5-8H,1-4,11H2,(H,23,25). The van der Waals surface area contributed by atoms with E-state index in [4.69, 9.17) is 16.9 Å². The SMILES string of the molecule is N#Cc1ccc(Cl)cc1NC(=O)CSc1nc2c(cc1C#N)CCCC2. The number of pyridine rings is 1. The number of nitrogens with one attached hydrogen (secondary N) is 1.